The van der Waals surface area contributed by atoms with Crippen LogP contribution in [0.4, 0.5) is 0 Å². The topological polar surface area (TPSA) is 55.4 Å². The maximum Gasteiger partial charge on any atom is 0.231 e. The van der Waals surface area contributed by atoms with Crippen LogP contribution in [0.3, 0.4) is 0 Å². The molecule has 0 spiro atoms. The maximum atomic E-state index is 12.8. The Balaban J connectivity index is 1.52. The van der Waals surface area contributed by atoms with Crippen LogP contribution in [0, 0.1) is 0 Å². The second-order valence-corrected chi connectivity index (χ2v) is 7.70. The van der Waals surface area contributed by atoms with Gasteiger partial charge in [-0.05, 0) is 30.7 Å². The molecule has 2 aliphatic rings. The number of rotatable bonds is 5. The molecule has 0 amide bonds. The third-order valence-electron chi connectivity index (χ3n) is 5.84. The van der Waals surface area contributed by atoms with Crippen LogP contribution in [0.1, 0.15) is 28.4 Å². The third kappa shape index (κ3) is 4.26. The highest BCUT2D eigenvalue weighted by Crippen LogP contribution is 2.38. The van der Waals surface area contributed by atoms with Crippen molar-refractivity contribution >= 4 is 11.9 Å². The lowest BCUT2D eigenvalue weighted by molar-refractivity contribution is -1.02. The average molecular weight is 392 g/mol. The smallest absolute Gasteiger partial charge is 0.231 e. The molecule has 5 nitrogen and oxygen atoms in total. The summed E-state index contributed by atoms with van der Waals surface area (Å²) < 4.78 is 5.93. The van der Waals surface area contributed by atoms with Gasteiger partial charge in [0.05, 0.1) is 17.7 Å². The summed E-state index contributed by atoms with van der Waals surface area (Å²) in [7, 11) is 0. The number of phenolic OH excluding ortho intramolecular Hbond substituents is 1. The second kappa shape index (κ2) is 8.64. The Kier molecular flexibility index (Phi) is 5.79. The summed E-state index contributed by atoms with van der Waals surface area (Å²) in [5.74, 6) is 0.894. The van der Waals surface area contributed by atoms with E-state index in [4.69, 9.17) is 4.74 Å². The van der Waals surface area contributed by atoms with Gasteiger partial charge in [-0.3, -0.25) is 4.79 Å². The minimum absolute atomic E-state index is 0.130. The Morgan fingerprint density at radius 2 is 1.76 bits per heavy atom. The highest BCUT2D eigenvalue weighted by Gasteiger charge is 2.33. The molecule has 2 heterocycles. The zero-order valence-electron chi connectivity index (χ0n) is 16.8. The van der Waals surface area contributed by atoms with E-state index in [1.165, 1.54) is 4.90 Å². The quantitative estimate of drug-likeness (QED) is 0.662. The van der Waals surface area contributed by atoms with Gasteiger partial charge in [0.25, 0.3) is 0 Å². The van der Waals surface area contributed by atoms with Gasteiger partial charge in [0.1, 0.15) is 38.5 Å². The monoisotopic (exact) mass is 392 g/mol. The summed E-state index contributed by atoms with van der Waals surface area (Å²) in [6.45, 7) is 8.43. The first-order valence-corrected chi connectivity index (χ1v) is 10.3. The van der Waals surface area contributed by atoms with Gasteiger partial charge < -0.3 is 19.6 Å². The standard InChI is InChI=1S/C24H26N2O3/c1-2-25-13-15-26(16-14-25)17-20-21(27)12-11-19-23(28)22(29-24(19)20)10-6-9-18-7-4-3-5-8-18/h3-12,27H,2,13-17H2,1H3/p+2/b9-6+,22-10+. The molecule has 4 rings (SSSR count). The van der Waals surface area contributed by atoms with Crippen molar-refractivity contribution in [1.82, 2.24) is 0 Å². The van der Waals surface area contributed by atoms with Gasteiger partial charge in [-0.2, -0.15) is 0 Å². The molecule has 0 atom stereocenters. The van der Waals surface area contributed by atoms with Crippen molar-refractivity contribution in [2.45, 2.75) is 13.5 Å². The number of piperazine rings is 1. The number of quaternary nitrogens is 2. The molecular weight excluding hydrogens is 364 g/mol. The van der Waals surface area contributed by atoms with E-state index in [0.717, 1.165) is 43.9 Å². The largest absolute Gasteiger partial charge is 0.507 e. The molecule has 0 unspecified atom stereocenters. The predicted molar refractivity (Wildman–Crippen MR) is 112 cm³/mol. The molecule has 150 valence electrons. The van der Waals surface area contributed by atoms with Crippen molar-refractivity contribution in [3.05, 3.63) is 77.1 Å². The highest BCUT2D eigenvalue weighted by molar-refractivity contribution is 6.12. The minimum atomic E-state index is -0.130. The zero-order valence-corrected chi connectivity index (χ0v) is 16.8. The van der Waals surface area contributed by atoms with E-state index < -0.39 is 0 Å². The van der Waals surface area contributed by atoms with E-state index in [9.17, 15) is 9.90 Å². The Morgan fingerprint density at radius 3 is 2.48 bits per heavy atom. The van der Waals surface area contributed by atoms with Gasteiger partial charge in [0, 0.05) is 0 Å². The number of aromatic hydroxyl groups is 1. The van der Waals surface area contributed by atoms with Crippen LogP contribution in [-0.4, -0.2) is 43.6 Å². The van der Waals surface area contributed by atoms with Crippen LogP contribution in [-0.2, 0) is 6.54 Å². The minimum Gasteiger partial charge on any atom is -0.507 e. The Bertz CT molecular complexity index is 942. The molecule has 0 aromatic heterocycles. The molecule has 5 heteroatoms. The number of ketones is 1. The summed E-state index contributed by atoms with van der Waals surface area (Å²) in [5.41, 5.74) is 2.33. The number of carbonyl (C=O) groups is 1. The fourth-order valence-corrected chi connectivity index (χ4v) is 4.03. The lowest BCUT2D eigenvalue weighted by atomic mass is 10.0. The maximum absolute atomic E-state index is 12.8. The fourth-order valence-electron chi connectivity index (χ4n) is 4.03. The third-order valence-corrected chi connectivity index (χ3v) is 5.84. The lowest BCUT2D eigenvalue weighted by Crippen LogP contribution is -3.27. The van der Waals surface area contributed by atoms with Gasteiger partial charge in [-0.15, -0.1) is 0 Å². The normalized spacial score (nSPS) is 22.8. The van der Waals surface area contributed by atoms with Crippen LogP contribution in [0.2, 0.25) is 0 Å². The number of allylic oxidation sites excluding steroid dienone is 3. The first-order chi connectivity index (χ1) is 14.2. The van der Waals surface area contributed by atoms with E-state index in [-0.39, 0.29) is 11.5 Å². The van der Waals surface area contributed by atoms with Crippen molar-refractivity contribution in [3.63, 3.8) is 0 Å². The number of nitrogens with one attached hydrogen (secondary N) is 2. The van der Waals surface area contributed by atoms with Crippen molar-refractivity contribution in [2.24, 2.45) is 0 Å². The molecule has 2 aromatic carbocycles. The molecule has 29 heavy (non-hydrogen) atoms. The van der Waals surface area contributed by atoms with Crippen molar-refractivity contribution in [2.75, 3.05) is 32.7 Å². The number of likely N-dealkylation sites (N-methyl/N-ethyl adjacent to an activating group) is 1. The Hall–Kier alpha value is -2.89. The van der Waals surface area contributed by atoms with Crippen LogP contribution >= 0.6 is 0 Å². The summed E-state index contributed by atoms with van der Waals surface area (Å²) in [6.07, 6.45) is 5.46. The Labute approximate surface area is 171 Å². The van der Waals surface area contributed by atoms with Crippen LogP contribution in [0.5, 0.6) is 11.5 Å². The Morgan fingerprint density at radius 1 is 1.03 bits per heavy atom. The van der Waals surface area contributed by atoms with Gasteiger partial charge in [0.2, 0.25) is 5.78 Å². The molecule has 2 aliphatic heterocycles. The number of Topliss-reactive ketones (excluding diaryl/α,β-unsaturated/α-hetero) is 1. The number of benzene rings is 2. The van der Waals surface area contributed by atoms with E-state index in [2.05, 4.69) is 6.92 Å². The molecule has 0 bridgehead atoms. The first-order valence-electron chi connectivity index (χ1n) is 10.3. The van der Waals surface area contributed by atoms with E-state index in [1.807, 2.05) is 42.5 Å². The fraction of sp³-hybridized carbons (Fsp3) is 0.292. The van der Waals surface area contributed by atoms with Gasteiger partial charge in [-0.1, -0.05) is 42.5 Å². The number of fused-ring (bicyclic) bond motifs is 1. The van der Waals surface area contributed by atoms with E-state index >= 15 is 0 Å². The summed E-state index contributed by atoms with van der Waals surface area (Å²) in [5, 5.41) is 10.5. The van der Waals surface area contributed by atoms with Crippen molar-refractivity contribution in [3.8, 4) is 11.5 Å². The predicted octanol–water partition coefficient (Wildman–Crippen LogP) is 0.868. The van der Waals surface area contributed by atoms with Crippen LogP contribution < -0.4 is 14.5 Å². The highest BCUT2D eigenvalue weighted by atomic mass is 16.5. The molecule has 0 aliphatic carbocycles. The van der Waals surface area contributed by atoms with Gasteiger partial charge >= 0.3 is 0 Å². The van der Waals surface area contributed by atoms with E-state index in [0.29, 0.717) is 23.6 Å². The van der Waals surface area contributed by atoms with Gasteiger partial charge in [0.15, 0.2) is 11.5 Å². The number of hydrogen-bond donors (Lipinski definition) is 3. The summed E-state index contributed by atoms with van der Waals surface area (Å²) in [4.78, 5) is 15.8. The molecule has 1 saturated heterocycles. The molecular formula is C24H28N2O3+2. The molecule has 3 N–H and O–H groups in total. The summed E-state index contributed by atoms with van der Waals surface area (Å²) in [6, 6.07) is 13.2. The number of phenols is 1. The number of hydrogen-bond acceptors (Lipinski definition) is 3. The van der Waals surface area contributed by atoms with E-state index in [1.54, 1.807) is 23.1 Å². The van der Waals surface area contributed by atoms with Crippen molar-refractivity contribution < 1.29 is 24.4 Å². The zero-order chi connectivity index (χ0) is 20.2. The number of carbonyl (C=O) groups excluding carboxylic acids is 1. The summed E-state index contributed by atoms with van der Waals surface area (Å²) >= 11 is 0. The SMILES string of the molecule is CC[NH+]1CC[NH+](Cc2c(O)ccc3c2O/C(=C/C=C/c2ccccc2)C3=O)CC1. The second-order valence-electron chi connectivity index (χ2n) is 7.70. The molecule has 0 radical (unpaired) electrons. The lowest BCUT2D eigenvalue weighted by Gasteiger charge is -2.29. The van der Waals surface area contributed by atoms with Crippen molar-refractivity contribution in [1.29, 1.82) is 0 Å². The van der Waals surface area contributed by atoms with Gasteiger partial charge in [-0.25, -0.2) is 0 Å². The molecule has 2 aromatic rings. The average Bonchev–Trinajstić information content (AvgIpc) is 3.07. The molecule has 1 fully saturated rings. The first kappa shape index (κ1) is 19.4. The number of ether oxygens (including phenoxy) is 1. The van der Waals surface area contributed by atoms with Crippen LogP contribution in [0.15, 0.2) is 60.4 Å². The molecule has 0 saturated carbocycles. The van der Waals surface area contributed by atoms with Crippen LogP contribution in [0.25, 0.3) is 6.08 Å².